The number of piperazine rings is 1. The quantitative estimate of drug-likeness (QED) is 0.115. The summed E-state index contributed by atoms with van der Waals surface area (Å²) in [4.78, 5) is 64.7. The minimum atomic E-state index is -3.65. The zero-order valence-corrected chi connectivity index (χ0v) is 34.8. The van der Waals surface area contributed by atoms with Crippen LogP contribution in [0.4, 0.5) is 17.2 Å². The van der Waals surface area contributed by atoms with E-state index in [0.29, 0.717) is 88.7 Å². The second-order valence-corrected chi connectivity index (χ2v) is 18.1. The van der Waals surface area contributed by atoms with Crippen LogP contribution in [0.3, 0.4) is 0 Å². The molecule has 4 aromatic rings. The number of carbonyl (C=O) groups is 4. The molecular weight excluding hydrogens is 833 g/mol. The molecule has 3 saturated heterocycles. The lowest BCUT2D eigenvalue weighted by atomic mass is 10.0. The standard InChI is InChI=1S/C41H41Cl2N9O7S/c1-23(36-29(42)21-46-22-30(36)43)59-25-6-7-31(44)28(19-25)38(45)24-5-9-34(47-20-24)50-15-17-51(18-16-50)60(57,58)26-11-13-49(14-12-26)32-4-2-3-27-37(32)41(56)52(40(27)55)33-8-10-35(53)48-39(33)54/h2-7,9,19-23,26,33,45H,8,10-18,44H2,1H3,(H,48,53,54)/t23-,33?/m1/s1. The highest BCUT2D eigenvalue weighted by Crippen LogP contribution is 2.37. The van der Waals surface area contributed by atoms with Crippen LogP contribution in [0, 0.1) is 5.41 Å². The highest BCUT2D eigenvalue weighted by molar-refractivity contribution is 7.89. The predicted molar refractivity (Wildman–Crippen MR) is 225 cm³/mol. The number of hydrogen-bond acceptors (Lipinski definition) is 13. The Morgan fingerprint density at radius 1 is 0.900 bits per heavy atom. The Bertz CT molecular complexity index is 2510. The Hall–Kier alpha value is -5.62. The molecule has 312 valence electrons. The molecule has 4 aliphatic rings. The van der Waals surface area contributed by atoms with Crippen molar-refractivity contribution in [2.75, 3.05) is 54.8 Å². The third kappa shape index (κ3) is 7.66. The normalized spacial score (nSPS) is 19.6. The molecule has 60 heavy (non-hydrogen) atoms. The predicted octanol–water partition coefficient (Wildman–Crippen LogP) is 4.44. The summed E-state index contributed by atoms with van der Waals surface area (Å²) in [6.45, 7) is 3.91. The number of benzene rings is 2. The van der Waals surface area contributed by atoms with Gasteiger partial charge in [0.15, 0.2) is 0 Å². The van der Waals surface area contributed by atoms with Crippen LogP contribution < -0.4 is 25.6 Å². The van der Waals surface area contributed by atoms with E-state index in [1.807, 2.05) is 16.7 Å². The number of hydrogen-bond donors (Lipinski definition) is 3. The first-order chi connectivity index (χ1) is 28.7. The summed E-state index contributed by atoms with van der Waals surface area (Å²) >= 11 is 12.6. The second-order valence-electron chi connectivity index (χ2n) is 15.1. The van der Waals surface area contributed by atoms with Gasteiger partial charge in [0, 0.05) is 86.7 Å². The fourth-order valence-corrected chi connectivity index (χ4v) is 10.9. The maximum absolute atomic E-state index is 13.9. The summed E-state index contributed by atoms with van der Waals surface area (Å²) in [5.41, 5.74) is 9.31. The average molecular weight is 875 g/mol. The van der Waals surface area contributed by atoms with Crippen molar-refractivity contribution in [3.05, 3.63) is 105 Å². The summed E-state index contributed by atoms with van der Waals surface area (Å²) in [6.07, 6.45) is 4.81. The largest absolute Gasteiger partial charge is 0.486 e. The molecule has 3 fully saturated rings. The van der Waals surface area contributed by atoms with Crippen LogP contribution in [-0.2, 0) is 19.6 Å². The maximum atomic E-state index is 13.9. The third-order valence-corrected chi connectivity index (χ3v) is 14.5. The van der Waals surface area contributed by atoms with Gasteiger partial charge in [-0.15, -0.1) is 0 Å². The van der Waals surface area contributed by atoms with Crippen molar-refractivity contribution in [3.63, 3.8) is 0 Å². The number of aromatic nitrogens is 2. The van der Waals surface area contributed by atoms with Crippen LogP contribution >= 0.6 is 23.2 Å². The number of imide groups is 2. The highest BCUT2D eigenvalue weighted by atomic mass is 35.5. The van der Waals surface area contributed by atoms with Gasteiger partial charge in [-0.1, -0.05) is 29.3 Å². The molecule has 4 N–H and O–H groups in total. The lowest BCUT2D eigenvalue weighted by Gasteiger charge is -2.39. The lowest BCUT2D eigenvalue weighted by Crippen LogP contribution is -2.54. The van der Waals surface area contributed by atoms with E-state index < -0.39 is 51.0 Å². The number of nitrogen functional groups attached to an aromatic ring is 1. The summed E-state index contributed by atoms with van der Waals surface area (Å²) in [5, 5.41) is 11.3. The molecule has 2 atom stereocenters. The molecule has 2 aromatic heterocycles. The first kappa shape index (κ1) is 41.1. The van der Waals surface area contributed by atoms with Gasteiger partial charge in [-0.2, -0.15) is 4.31 Å². The number of nitrogens with zero attached hydrogens (tertiary/aromatic N) is 6. The summed E-state index contributed by atoms with van der Waals surface area (Å²) in [6, 6.07) is 12.5. The molecule has 6 heterocycles. The van der Waals surface area contributed by atoms with E-state index in [1.54, 1.807) is 54.7 Å². The van der Waals surface area contributed by atoms with Crippen molar-refractivity contribution in [2.45, 2.75) is 50.0 Å². The fraction of sp³-hybridized carbons (Fsp3) is 0.341. The number of ether oxygens (including phenoxy) is 1. The number of piperidine rings is 2. The summed E-state index contributed by atoms with van der Waals surface area (Å²) < 4.78 is 35.4. The number of carbonyl (C=O) groups excluding carboxylic acids is 4. The van der Waals surface area contributed by atoms with E-state index in [0.717, 1.165) is 4.90 Å². The molecule has 4 amide bonds. The van der Waals surface area contributed by atoms with Crippen LogP contribution in [0.25, 0.3) is 0 Å². The number of nitrogens with two attached hydrogens (primary N) is 1. The zero-order chi connectivity index (χ0) is 42.5. The van der Waals surface area contributed by atoms with Gasteiger partial charge in [0.25, 0.3) is 11.8 Å². The van der Waals surface area contributed by atoms with Gasteiger partial charge >= 0.3 is 0 Å². The Balaban J connectivity index is 0.865. The van der Waals surface area contributed by atoms with Crippen LogP contribution in [0.2, 0.25) is 10.0 Å². The van der Waals surface area contributed by atoms with Gasteiger partial charge < -0.3 is 20.3 Å². The van der Waals surface area contributed by atoms with Gasteiger partial charge in [0.1, 0.15) is 23.7 Å². The minimum Gasteiger partial charge on any atom is -0.486 e. The summed E-state index contributed by atoms with van der Waals surface area (Å²) in [5.74, 6) is -1.18. The second kappa shape index (κ2) is 16.4. The van der Waals surface area contributed by atoms with Crippen LogP contribution in [0.15, 0.2) is 67.1 Å². The molecule has 0 spiro atoms. The van der Waals surface area contributed by atoms with E-state index in [-0.39, 0.29) is 42.8 Å². The molecule has 8 rings (SSSR count). The SMILES string of the molecule is C[C@@H](Oc1ccc(N)c(C(=N)c2ccc(N3CCN(S(=O)(=O)C4CCN(c5cccc6c5C(=O)N(C5CCC(=O)NC5=O)C6=O)CC4)CC3)nc2)c1)c1c(Cl)cncc1Cl. The Morgan fingerprint density at radius 2 is 1.62 bits per heavy atom. The number of anilines is 3. The van der Waals surface area contributed by atoms with Crippen molar-refractivity contribution in [2.24, 2.45) is 0 Å². The maximum Gasteiger partial charge on any atom is 0.264 e. The molecular formula is C41H41Cl2N9O7S. The topological polar surface area (TPSA) is 212 Å². The van der Waals surface area contributed by atoms with Gasteiger partial charge in [0.05, 0.1) is 37.8 Å². The Morgan fingerprint density at radius 3 is 2.28 bits per heavy atom. The smallest absolute Gasteiger partial charge is 0.264 e. The van der Waals surface area contributed by atoms with Crippen LogP contribution in [0.5, 0.6) is 5.75 Å². The van der Waals surface area contributed by atoms with Gasteiger partial charge in [-0.3, -0.25) is 39.8 Å². The Labute approximate surface area is 356 Å². The first-order valence-corrected chi connectivity index (χ1v) is 21.7. The third-order valence-electron chi connectivity index (χ3n) is 11.5. The monoisotopic (exact) mass is 873 g/mol. The number of rotatable bonds is 10. The molecule has 1 unspecified atom stereocenters. The molecule has 16 nitrogen and oxygen atoms in total. The molecule has 4 aliphatic heterocycles. The van der Waals surface area contributed by atoms with E-state index in [9.17, 15) is 27.6 Å². The van der Waals surface area contributed by atoms with Crippen molar-refractivity contribution in [3.8, 4) is 5.75 Å². The number of sulfonamides is 1. The van der Waals surface area contributed by atoms with Gasteiger partial charge in [-0.25, -0.2) is 13.4 Å². The first-order valence-electron chi connectivity index (χ1n) is 19.5. The molecule has 2 aromatic carbocycles. The average Bonchev–Trinajstić information content (AvgIpc) is 3.50. The van der Waals surface area contributed by atoms with Crippen molar-refractivity contribution < 1.29 is 32.3 Å². The highest BCUT2D eigenvalue weighted by Gasteiger charge is 2.46. The number of halogens is 2. The summed E-state index contributed by atoms with van der Waals surface area (Å²) in [7, 11) is -3.65. The van der Waals surface area contributed by atoms with E-state index in [4.69, 9.17) is 39.1 Å². The molecule has 0 saturated carbocycles. The van der Waals surface area contributed by atoms with E-state index >= 15 is 0 Å². The van der Waals surface area contributed by atoms with Crippen LogP contribution in [0.1, 0.15) is 76.1 Å². The molecule has 0 radical (unpaired) electrons. The lowest BCUT2D eigenvalue weighted by molar-refractivity contribution is -0.136. The van der Waals surface area contributed by atoms with Crippen molar-refractivity contribution >= 4 is 79.8 Å². The van der Waals surface area contributed by atoms with Crippen LogP contribution in [-0.4, -0.2) is 107 Å². The molecule has 0 aliphatic carbocycles. The van der Waals surface area contributed by atoms with Crippen molar-refractivity contribution in [1.82, 2.24) is 24.5 Å². The molecule has 19 heteroatoms. The Kier molecular flexibility index (Phi) is 11.3. The fourth-order valence-electron chi connectivity index (χ4n) is 8.31. The number of pyridine rings is 2. The number of nitrogens with one attached hydrogen (secondary N) is 2. The molecule has 0 bridgehead atoms. The van der Waals surface area contributed by atoms with Gasteiger partial charge in [0.2, 0.25) is 21.8 Å². The van der Waals surface area contributed by atoms with E-state index in [1.165, 1.54) is 16.7 Å². The zero-order valence-electron chi connectivity index (χ0n) is 32.4. The minimum absolute atomic E-state index is 0.0244. The number of amides is 4. The van der Waals surface area contributed by atoms with Gasteiger partial charge in [-0.05, 0) is 68.7 Å². The van der Waals surface area contributed by atoms with Crippen molar-refractivity contribution in [1.29, 1.82) is 5.41 Å². The van der Waals surface area contributed by atoms with E-state index in [2.05, 4.69) is 15.3 Å². The number of fused-ring (bicyclic) bond motifs is 1.